The van der Waals surface area contributed by atoms with Crippen LogP contribution in [0.5, 0.6) is 11.5 Å². The number of piperidine rings is 1. The fourth-order valence-corrected chi connectivity index (χ4v) is 4.47. The summed E-state index contributed by atoms with van der Waals surface area (Å²) in [5.74, 6) is -0.189. The van der Waals surface area contributed by atoms with Crippen LogP contribution in [0, 0.1) is 11.8 Å². The largest absolute Gasteiger partial charge is 0.508 e. The van der Waals surface area contributed by atoms with Crippen LogP contribution in [0.15, 0.2) is 48.5 Å². The summed E-state index contributed by atoms with van der Waals surface area (Å²) in [6.45, 7) is 5.78. The Labute approximate surface area is 188 Å². The van der Waals surface area contributed by atoms with Gasteiger partial charge in [-0.3, -0.25) is 9.69 Å². The smallest absolute Gasteiger partial charge is 0.326 e. The molecule has 0 aromatic heterocycles. The second kappa shape index (κ2) is 10.5. The van der Waals surface area contributed by atoms with Crippen LogP contribution in [0.25, 0.3) is 0 Å². The van der Waals surface area contributed by atoms with Crippen molar-refractivity contribution in [1.29, 1.82) is 0 Å². The first kappa shape index (κ1) is 23.6. The van der Waals surface area contributed by atoms with Crippen molar-refractivity contribution in [3.63, 3.8) is 0 Å². The number of likely N-dealkylation sites (tertiary alicyclic amines) is 1. The number of hydrogen-bond donors (Lipinski definition) is 4. The summed E-state index contributed by atoms with van der Waals surface area (Å²) in [5, 5.41) is 31.5. The number of carbonyl (C=O) groups excluding carboxylic acids is 1. The summed E-state index contributed by atoms with van der Waals surface area (Å²) in [6, 6.07) is 12.6. The van der Waals surface area contributed by atoms with Gasteiger partial charge in [0.15, 0.2) is 0 Å². The van der Waals surface area contributed by atoms with Gasteiger partial charge in [-0.2, -0.15) is 0 Å². The van der Waals surface area contributed by atoms with Crippen molar-refractivity contribution in [2.75, 3.05) is 13.1 Å². The number of phenols is 2. The molecular formula is C25H32N2O5. The minimum absolute atomic E-state index is 0.0888. The lowest BCUT2D eigenvalue weighted by Crippen LogP contribution is -2.45. The van der Waals surface area contributed by atoms with Crippen LogP contribution >= 0.6 is 0 Å². The van der Waals surface area contributed by atoms with E-state index in [0.717, 1.165) is 24.1 Å². The molecule has 1 heterocycles. The zero-order valence-electron chi connectivity index (χ0n) is 18.6. The second-order valence-electron chi connectivity index (χ2n) is 8.78. The molecule has 0 spiro atoms. The lowest BCUT2D eigenvalue weighted by Gasteiger charge is -2.43. The summed E-state index contributed by atoms with van der Waals surface area (Å²) in [7, 11) is 0. The van der Waals surface area contributed by atoms with E-state index in [9.17, 15) is 24.9 Å². The number of nitrogens with one attached hydrogen (secondary N) is 1. The zero-order valence-corrected chi connectivity index (χ0v) is 18.6. The molecule has 1 fully saturated rings. The molecule has 7 heteroatoms. The Balaban J connectivity index is 1.63. The Morgan fingerprint density at radius 2 is 1.81 bits per heavy atom. The summed E-state index contributed by atoms with van der Waals surface area (Å²) in [6.07, 6.45) is 1.36. The molecule has 7 nitrogen and oxygen atoms in total. The van der Waals surface area contributed by atoms with Gasteiger partial charge in [0.1, 0.15) is 17.5 Å². The van der Waals surface area contributed by atoms with E-state index >= 15 is 0 Å². The summed E-state index contributed by atoms with van der Waals surface area (Å²) in [5.41, 5.74) is 1.75. The van der Waals surface area contributed by atoms with Crippen molar-refractivity contribution in [3.05, 3.63) is 59.7 Å². The van der Waals surface area contributed by atoms with Crippen LogP contribution in [0.4, 0.5) is 0 Å². The number of phenolic OH excluding ortho intramolecular Hbond substituents is 2. The lowest BCUT2D eigenvalue weighted by atomic mass is 9.79. The van der Waals surface area contributed by atoms with Gasteiger partial charge in [0.25, 0.3) is 0 Å². The zero-order chi connectivity index (χ0) is 23.3. The van der Waals surface area contributed by atoms with Crippen molar-refractivity contribution in [2.45, 2.75) is 45.2 Å². The van der Waals surface area contributed by atoms with Crippen LogP contribution in [0.3, 0.4) is 0 Å². The maximum atomic E-state index is 12.6. The Bertz CT molecular complexity index is 930. The number of carboxylic acid groups (broad SMARTS) is 1. The van der Waals surface area contributed by atoms with Gasteiger partial charge in [-0.05, 0) is 60.2 Å². The number of aliphatic carboxylic acids is 1. The number of carboxylic acids is 1. The van der Waals surface area contributed by atoms with Crippen molar-refractivity contribution in [3.8, 4) is 11.5 Å². The van der Waals surface area contributed by atoms with Gasteiger partial charge in [-0.15, -0.1) is 0 Å². The molecule has 1 amide bonds. The van der Waals surface area contributed by atoms with Gasteiger partial charge < -0.3 is 20.6 Å². The van der Waals surface area contributed by atoms with E-state index in [1.165, 1.54) is 12.1 Å². The van der Waals surface area contributed by atoms with E-state index < -0.39 is 12.0 Å². The molecule has 0 aliphatic carbocycles. The van der Waals surface area contributed by atoms with E-state index in [0.29, 0.717) is 18.4 Å². The average Bonchev–Trinajstić information content (AvgIpc) is 2.75. The summed E-state index contributed by atoms with van der Waals surface area (Å²) in [4.78, 5) is 26.5. The van der Waals surface area contributed by atoms with Crippen LogP contribution < -0.4 is 5.32 Å². The van der Waals surface area contributed by atoms with Crippen molar-refractivity contribution < 1.29 is 24.9 Å². The highest BCUT2D eigenvalue weighted by Crippen LogP contribution is 2.39. The maximum absolute atomic E-state index is 12.6. The van der Waals surface area contributed by atoms with E-state index in [1.54, 1.807) is 24.3 Å². The number of amides is 1. The quantitative estimate of drug-likeness (QED) is 0.501. The van der Waals surface area contributed by atoms with E-state index in [-0.39, 0.29) is 36.3 Å². The Morgan fingerprint density at radius 3 is 2.47 bits per heavy atom. The fourth-order valence-electron chi connectivity index (χ4n) is 4.47. The maximum Gasteiger partial charge on any atom is 0.326 e. The lowest BCUT2D eigenvalue weighted by molar-refractivity contribution is -0.141. The molecule has 0 saturated carbocycles. The normalized spacial score (nSPS) is 22.2. The minimum Gasteiger partial charge on any atom is -0.508 e. The molecule has 32 heavy (non-hydrogen) atoms. The number of rotatable bonds is 8. The molecule has 1 unspecified atom stereocenters. The topological polar surface area (TPSA) is 110 Å². The van der Waals surface area contributed by atoms with Gasteiger partial charge in [0.2, 0.25) is 5.91 Å². The summed E-state index contributed by atoms with van der Waals surface area (Å²) >= 11 is 0. The van der Waals surface area contributed by atoms with Gasteiger partial charge in [-0.25, -0.2) is 4.79 Å². The van der Waals surface area contributed by atoms with Crippen LogP contribution in [-0.4, -0.2) is 51.2 Å². The average molecular weight is 441 g/mol. The van der Waals surface area contributed by atoms with Crippen LogP contribution in [0.2, 0.25) is 0 Å². The monoisotopic (exact) mass is 440 g/mol. The molecular weight excluding hydrogens is 408 g/mol. The SMILES string of the molecule is C[C@@H]1CCN(CCC(=O)N[C@@H](Cc2ccc(O)cc2)C(=O)O)C(c2cccc(O)c2)[C@@H]1C. The molecule has 2 aromatic rings. The number of hydrogen-bond acceptors (Lipinski definition) is 5. The molecule has 3 rings (SSSR count). The van der Waals surface area contributed by atoms with E-state index in [1.807, 2.05) is 12.1 Å². The molecule has 0 radical (unpaired) electrons. The fraction of sp³-hybridized carbons (Fsp3) is 0.440. The predicted molar refractivity (Wildman–Crippen MR) is 121 cm³/mol. The van der Waals surface area contributed by atoms with E-state index in [2.05, 4.69) is 24.1 Å². The third-order valence-corrected chi connectivity index (χ3v) is 6.51. The molecule has 1 aliphatic rings. The highest BCUT2D eigenvalue weighted by Gasteiger charge is 2.34. The van der Waals surface area contributed by atoms with Crippen LogP contribution in [-0.2, 0) is 16.0 Å². The minimum atomic E-state index is -1.09. The Hall–Kier alpha value is -3.06. The first-order valence-electron chi connectivity index (χ1n) is 11.1. The molecule has 4 N–H and O–H groups in total. The first-order valence-corrected chi connectivity index (χ1v) is 11.1. The molecule has 1 aliphatic heterocycles. The van der Waals surface area contributed by atoms with Gasteiger partial charge in [0.05, 0.1) is 0 Å². The highest BCUT2D eigenvalue weighted by molar-refractivity contribution is 5.83. The van der Waals surface area contributed by atoms with Crippen molar-refractivity contribution >= 4 is 11.9 Å². The van der Waals surface area contributed by atoms with Crippen molar-refractivity contribution in [2.24, 2.45) is 11.8 Å². The third kappa shape index (κ3) is 6.01. The number of aromatic hydroxyl groups is 2. The Morgan fingerprint density at radius 1 is 1.09 bits per heavy atom. The number of benzene rings is 2. The van der Waals surface area contributed by atoms with Gasteiger partial charge in [-0.1, -0.05) is 38.1 Å². The van der Waals surface area contributed by atoms with E-state index in [4.69, 9.17) is 0 Å². The van der Waals surface area contributed by atoms with Crippen molar-refractivity contribution in [1.82, 2.24) is 10.2 Å². The van der Waals surface area contributed by atoms with Gasteiger partial charge in [0, 0.05) is 25.4 Å². The number of nitrogens with zero attached hydrogens (tertiary/aromatic N) is 1. The second-order valence-corrected chi connectivity index (χ2v) is 8.78. The predicted octanol–water partition coefficient (Wildman–Crippen LogP) is 3.32. The highest BCUT2D eigenvalue weighted by atomic mass is 16.4. The summed E-state index contributed by atoms with van der Waals surface area (Å²) < 4.78 is 0. The Kier molecular flexibility index (Phi) is 7.75. The number of carbonyl (C=O) groups is 2. The standard InChI is InChI=1S/C25H32N2O5/c1-16-10-12-27(24(17(16)2)19-4-3-5-21(29)15-19)13-11-23(30)26-22(25(31)32)14-18-6-8-20(28)9-7-18/h3-9,15-17,22,24,28-29H,10-14H2,1-2H3,(H,26,30)(H,31,32)/t16-,17-,22+,24?/m1/s1. The third-order valence-electron chi connectivity index (χ3n) is 6.51. The van der Waals surface area contributed by atoms with Gasteiger partial charge >= 0.3 is 5.97 Å². The molecule has 2 aromatic carbocycles. The first-order chi connectivity index (χ1) is 15.2. The molecule has 1 saturated heterocycles. The van der Waals surface area contributed by atoms with Crippen LogP contribution in [0.1, 0.15) is 43.9 Å². The molecule has 172 valence electrons. The molecule has 0 bridgehead atoms. The molecule has 4 atom stereocenters.